The van der Waals surface area contributed by atoms with Crippen molar-refractivity contribution in [1.82, 2.24) is 19.8 Å². The number of aromatic nitrogens is 4. The maximum Gasteiger partial charge on any atom is 0.234 e. The molecule has 2 aromatic rings. The molecule has 0 spiro atoms. The highest BCUT2D eigenvalue weighted by molar-refractivity contribution is 7.16. The van der Waals surface area contributed by atoms with E-state index < -0.39 is 0 Å². The number of rotatable bonds is 4. The quantitative estimate of drug-likeness (QED) is 0.814. The molecule has 6 heteroatoms. The van der Waals surface area contributed by atoms with Crippen LogP contribution in [0.25, 0.3) is 4.96 Å². The smallest absolute Gasteiger partial charge is 0.234 e. The van der Waals surface area contributed by atoms with E-state index in [1.807, 2.05) is 0 Å². The fourth-order valence-corrected chi connectivity index (χ4v) is 2.29. The van der Waals surface area contributed by atoms with Crippen molar-refractivity contribution in [2.75, 3.05) is 0 Å². The van der Waals surface area contributed by atoms with Crippen LogP contribution in [0.15, 0.2) is 6.33 Å². The molecule has 2 rings (SSSR count). The van der Waals surface area contributed by atoms with Crippen LogP contribution in [-0.4, -0.2) is 25.9 Å². The summed E-state index contributed by atoms with van der Waals surface area (Å²) in [6.45, 7) is 2.14. The van der Waals surface area contributed by atoms with Gasteiger partial charge in [0.2, 0.25) is 4.96 Å². The van der Waals surface area contributed by atoms with Crippen molar-refractivity contribution in [1.29, 1.82) is 0 Å². The van der Waals surface area contributed by atoms with Gasteiger partial charge in [-0.2, -0.15) is 9.61 Å². The summed E-state index contributed by atoms with van der Waals surface area (Å²) in [5.74, 6) is 0. The second-order valence-corrected chi connectivity index (χ2v) is 4.35. The van der Waals surface area contributed by atoms with Gasteiger partial charge in [-0.25, -0.2) is 0 Å². The van der Waals surface area contributed by atoms with Gasteiger partial charge >= 0.3 is 0 Å². The minimum absolute atomic E-state index is 0.212. The summed E-state index contributed by atoms with van der Waals surface area (Å²) in [4.78, 5) is 0.837. The lowest BCUT2D eigenvalue weighted by Gasteiger charge is -2.05. The molecule has 0 aliphatic carbocycles. The maximum absolute atomic E-state index is 5.93. The van der Waals surface area contributed by atoms with Crippen LogP contribution in [0.4, 0.5) is 0 Å². The van der Waals surface area contributed by atoms with Gasteiger partial charge < -0.3 is 5.73 Å². The Labute approximate surface area is 86.0 Å². The molecule has 0 saturated heterocycles. The van der Waals surface area contributed by atoms with Gasteiger partial charge in [-0.05, 0) is 6.42 Å². The highest BCUT2D eigenvalue weighted by Crippen LogP contribution is 2.13. The molecular formula is C8H13N5S. The third-order valence-corrected chi connectivity index (χ3v) is 2.96. The summed E-state index contributed by atoms with van der Waals surface area (Å²) in [7, 11) is 0. The summed E-state index contributed by atoms with van der Waals surface area (Å²) >= 11 is 1.56. The number of hydrogen-bond acceptors (Lipinski definition) is 5. The van der Waals surface area contributed by atoms with E-state index >= 15 is 0 Å². The zero-order chi connectivity index (χ0) is 9.97. The topological polar surface area (TPSA) is 69.1 Å². The van der Waals surface area contributed by atoms with Crippen LogP contribution in [0.3, 0.4) is 0 Å². The Kier molecular flexibility index (Phi) is 2.74. The van der Waals surface area contributed by atoms with Gasteiger partial charge in [0.1, 0.15) is 11.3 Å². The molecule has 0 saturated carbocycles. The first kappa shape index (κ1) is 9.54. The minimum Gasteiger partial charge on any atom is -0.327 e. The van der Waals surface area contributed by atoms with Gasteiger partial charge in [-0.15, -0.1) is 10.2 Å². The van der Waals surface area contributed by atoms with E-state index in [9.17, 15) is 0 Å². The van der Waals surface area contributed by atoms with Crippen molar-refractivity contribution in [2.24, 2.45) is 5.73 Å². The van der Waals surface area contributed by atoms with Crippen LogP contribution >= 0.6 is 11.3 Å². The normalized spacial score (nSPS) is 13.6. The van der Waals surface area contributed by atoms with Gasteiger partial charge in [0.15, 0.2) is 0 Å². The molecule has 1 unspecified atom stereocenters. The molecule has 0 aliphatic rings. The number of hydrogen-bond donors (Lipinski definition) is 1. The second-order valence-electron chi connectivity index (χ2n) is 3.31. The number of fused-ring (bicyclic) bond motifs is 1. The van der Waals surface area contributed by atoms with Crippen LogP contribution in [0.5, 0.6) is 0 Å². The van der Waals surface area contributed by atoms with E-state index in [-0.39, 0.29) is 6.04 Å². The zero-order valence-electron chi connectivity index (χ0n) is 8.05. The molecule has 0 aromatic carbocycles. The monoisotopic (exact) mass is 211 g/mol. The maximum atomic E-state index is 5.93. The van der Waals surface area contributed by atoms with Crippen LogP contribution in [0, 0.1) is 0 Å². The van der Waals surface area contributed by atoms with Gasteiger partial charge in [0, 0.05) is 12.5 Å². The van der Waals surface area contributed by atoms with Crippen molar-refractivity contribution < 1.29 is 0 Å². The van der Waals surface area contributed by atoms with E-state index in [0.717, 1.165) is 29.2 Å². The summed E-state index contributed by atoms with van der Waals surface area (Å²) in [5, 5.41) is 13.0. The van der Waals surface area contributed by atoms with Crippen molar-refractivity contribution in [2.45, 2.75) is 32.2 Å². The van der Waals surface area contributed by atoms with Gasteiger partial charge in [0.25, 0.3) is 0 Å². The molecule has 0 aliphatic heterocycles. The number of nitrogens with two attached hydrogens (primary N) is 1. The van der Waals surface area contributed by atoms with Crippen molar-refractivity contribution >= 4 is 16.3 Å². The first-order chi connectivity index (χ1) is 6.79. The molecular weight excluding hydrogens is 198 g/mol. The minimum atomic E-state index is 0.212. The molecule has 2 aromatic heterocycles. The molecule has 2 N–H and O–H groups in total. The summed E-state index contributed by atoms with van der Waals surface area (Å²) in [5.41, 5.74) is 5.93. The van der Waals surface area contributed by atoms with E-state index in [1.54, 1.807) is 22.2 Å². The zero-order valence-corrected chi connectivity index (χ0v) is 8.87. The van der Waals surface area contributed by atoms with Gasteiger partial charge in [0.05, 0.1) is 0 Å². The molecule has 0 bridgehead atoms. The average molecular weight is 211 g/mol. The lowest BCUT2D eigenvalue weighted by molar-refractivity contribution is 0.595. The summed E-state index contributed by atoms with van der Waals surface area (Å²) in [6, 6.07) is 0.212. The van der Waals surface area contributed by atoms with Crippen LogP contribution in [-0.2, 0) is 6.42 Å². The average Bonchev–Trinajstić information content (AvgIpc) is 2.63. The van der Waals surface area contributed by atoms with Gasteiger partial charge in [-0.1, -0.05) is 24.7 Å². The SMILES string of the molecule is CCCC(N)Cc1nn2cnnc2s1. The molecule has 76 valence electrons. The van der Waals surface area contributed by atoms with Crippen molar-refractivity contribution in [3.05, 3.63) is 11.3 Å². The third kappa shape index (κ3) is 1.91. The lowest BCUT2D eigenvalue weighted by atomic mass is 10.1. The van der Waals surface area contributed by atoms with E-state index in [0.29, 0.717) is 0 Å². The fraction of sp³-hybridized carbons (Fsp3) is 0.625. The third-order valence-electron chi connectivity index (χ3n) is 2.02. The Morgan fingerprint density at radius 3 is 3.21 bits per heavy atom. The Morgan fingerprint density at radius 2 is 2.50 bits per heavy atom. The predicted octanol–water partition coefficient (Wildman–Crippen LogP) is 0.856. The highest BCUT2D eigenvalue weighted by Gasteiger charge is 2.09. The first-order valence-electron chi connectivity index (χ1n) is 4.71. The molecule has 5 nitrogen and oxygen atoms in total. The Balaban J connectivity index is 2.08. The molecule has 0 fully saturated rings. The van der Waals surface area contributed by atoms with Crippen LogP contribution in [0.1, 0.15) is 24.8 Å². The highest BCUT2D eigenvalue weighted by atomic mass is 32.1. The molecule has 0 radical (unpaired) electrons. The summed E-state index contributed by atoms with van der Waals surface area (Å²) in [6.07, 6.45) is 4.61. The van der Waals surface area contributed by atoms with Crippen LogP contribution in [0.2, 0.25) is 0 Å². The standard InChI is InChI=1S/C8H13N5S/c1-2-3-6(9)4-7-12-13-5-10-11-8(13)14-7/h5-6H,2-4,9H2,1H3. The number of nitrogens with zero attached hydrogens (tertiary/aromatic N) is 4. The fourth-order valence-electron chi connectivity index (χ4n) is 1.38. The Morgan fingerprint density at radius 1 is 1.64 bits per heavy atom. The lowest BCUT2D eigenvalue weighted by Crippen LogP contribution is -2.22. The van der Waals surface area contributed by atoms with Gasteiger partial charge in [-0.3, -0.25) is 0 Å². The molecule has 2 heterocycles. The molecule has 0 amide bonds. The van der Waals surface area contributed by atoms with E-state index in [2.05, 4.69) is 22.2 Å². The van der Waals surface area contributed by atoms with E-state index in [1.165, 1.54) is 0 Å². The summed E-state index contributed by atoms with van der Waals surface area (Å²) < 4.78 is 1.69. The first-order valence-corrected chi connectivity index (χ1v) is 5.52. The Bertz CT molecular complexity index is 378. The largest absolute Gasteiger partial charge is 0.327 e. The molecule has 1 atom stereocenters. The van der Waals surface area contributed by atoms with E-state index in [4.69, 9.17) is 5.73 Å². The predicted molar refractivity (Wildman–Crippen MR) is 55.2 cm³/mol. The van der Waals surface area contributed by atoms with Crippen LogP contribution < -0.4 is 5.73 Å². The second kappa shape index (κ2) is 4.02. The van der Waals surface area contributed by atoms with Crippen molar-refractivity contribution in [3.8, 4) is 0 Å². The molecule has 14 heavy (non-hydrogen) atoms. The Hall–Kier alpha value is -1.01. The van der Waals surface area contributed by atoms with Crippen molar-refractivity contribution in [3.63, 3.8) is 0 Å².